The maximum absolute atomic E-state index is 13.1. The van der Waals surface area contributed by atoms with Crippen LogP contribution in [0.4, 0.5) is 0 Å². The lowest BCUT2D eigenvalue weighted by molar-refractivity contribution is 0.0937. The van der Waals surface area contributed by atoms with Crippen LogP contribution in [0.2, 0.25) is 0 Å². The number of hydrogen-bond acceptors (Lipinski definition) is 5. The highest BCUT2D eigenvalue weighted by atomic mass is 16.5. The zero-order valence-electron chi connectivity index (χ0n) is 17.9. The Labute approximate surface area is 177 Å². The Morgan fingerprint density at radius 3 is 2.73 bits per heavy atom. The molecule has 0 radical (unpaired) electrons. The van der Waals surface area contributed by atoms with Crippen LogP contribution in [0.5, 0.6) is 5.75 Å². The van der Waals surface area contributed by atoms with Gasteiger partial charge in [-0.05, 0) is 62.7 Å². The molecule has 0 bridgehead atoms. The average Bonchev–Trinajstić information content (AvgIpc) is 3.35. The summed E-state index contributed by atoms with van der Waals surface area (Å²) in [5.41, 5.74) is 2.28. The van der Waals surface area contributed by atoms with E-state index in [1.165, 1.54) is 6.42 Å². The quantitative estimate of drug-likeness (QED) is 0.635. The number of hydrogen-bond donors (Lipinski definition) is 1. The second-order valence-corrected chi connectivity index (χ2v) is 7.92. The molecule has 1 fully saturated rings. The third kappa shape index (κ3) is 4.19. The summed E-state index contributed by atoms with van der Waals surface area (Å²) in [5, 5.41) is 9.18. The first-order chi connectivity index (χ1) is 14.6. The van der Waals surface area contributed by atoms with Crippen molar-refractivity contribution in [2.24, 2.45) is 0 Å². The molecule has 6 nitrogen and oxygen atoms in total. The first kappa shape index (κ1) is 20.4. The van der Waals surface area contributed by atoms with Gasteiger partial charge in [0.25, 0.3) is 5.91 Å². The number of nitrogens with one attached hydrogen (secondary N) is 1. The summed E-state index contributed by atoms with van der Waals surface area (Å²) >= 11 is 0. The Hall–Kier alpha value is -2.86. The fourth-order valence-electron chi connectivity index (χ4n) is 4.22. The fraction of sp³-hybridized carbons (Fsp3) is 0.417. The van der Waals surface area contributed by atoms with E-state index in [1.807, 2.05) is 50.2 Å². The van der Waals surface area contributed by atoms with Gasteiger partial charge in [-0.25, -0.2) is 0 Å². The number of likely N-dealkylation sites (N-methyl/N-ethyl adjacent to an activating group) is 1. The van der Waals surface area contributed by atoms with Crippen molar-refractivity contribution in [1.29, 1.82) is 0 Å². The molecule has 1 N–H and O–H groups in total. The van der Waals surface area contributed by atoms with Gasteiger partial charge >= 0.3 is 0 Å². The zero-order chi connectivity index (χ0) is 21.1. The second kappa shape index (κ2) is 8.88. The van der Waals surface area contributed by atoms with Crippen LogP contribution < -0.4 is 10.1 Å². The summed E-state index contributed by atoms with van der Waals surface area (Å²) < 4.78 is 11.3. The third-order valence-electron chi connectivity index (χ3n) is 6.05. The lowest BCUT2D eigenvalue weighted by Crippen LogP contribution is -2.40. The SMILES string of the molecule is CCN1CCC[C@H]1CNC(=O)c1cc2ccccc2cc1OCc1c(C)noc1C. The molecule has 1 aromatic heterocycles. The number of amides is 1. The number of aromatic nitrogens is 1. The number of likely N-dealkylation sites (tertiary alicyclic amines) is 1. The number of carbonyl (C=O) groups excluding carboxylic acids is 1. The number of fused-ring (bicyclic) bond motifs is 1. The molecule has 1 atom stereocenters. The van der Waals surface area contributed by atoms with Crippen molar-refractivity contribution in [3.63, 3.8) is 0 Å². The largest absolute Gasteiger partial charge is 0.488 e. The van der Waals surface area contributed by atoms with Gasteiger partial charge < -0.3 is 14.6 Å². The highest BCUT2D eigenvalue weighted by Gasteiger charge is 2.24. The molecule has 2 heterocycles. The Balaban J connectivity index is 1.57. The Kier molecular flexibility index (Phi) is 6.04. The van der Waals surface area contributed by atoms with E-state index in [4.69, 9.17) is 9.26 Å². The van der Waals surface area contributed by atoms with E-state index in [1.54, 1.807) is 0 Å². The van der Waals surface area contributed by atoms with Crippen LogP contribution >= 0.6 is 0 Å². The van der Waals surface area contributed by atoms with Crippen molar-refractivity contribution in [3.8, 4) is 5.75 Å². The number of nitrogens with zero attached hydrogens (tertiary/aromatic N) is 2. The number of benzene rings is 2. The molecule has 0 saturated carbocycles. The Morgan fingerprint density at radius 1 is 1.27 bits per heavy atom. The van der Waals surface area contributed by atoms with E-state index in [2.05, 4.69) is 22.3 Å². The molecule has 1 amide bonds. The third-order valence-corrected chi connectivity index (χ3v) is 6.05. The van der Waals surface area contributed by atoms with Gasteiger partial charge in [0.1, 0.15) is 18.1 Å². The van der Waals surface area contributed by atoms with E-state index in [9.17, 15) is 4.79 Å². The van der Waals surface area contributed by atoms with Gasteiger partial charge in [0.15, 0.2) is 0 Å². The molecule has 4 rings (SSSR count). The molecule has 0 spiro atoms. The van der Waals surface area contributed by atoms with Crippen LogP contribution in [0.15, 0.2) is 40.9 Å². The van der Waals surface area contributed by atoms with Crippen LogP contribution in [0.1, 0.15) is 47.1 Å². The van der Waals surface area contributed by atoms with Crippen LogP contribution in [-0.4, -0.2) is 41.6 Å². The van der Waals surface area contributed by atoms with Gasteiger partial charge in [0.05, 0.1) is 16.8 Å². The Bertz CT molecular complexity index is 1020. The maximum atomic E-state index is 13.1. The molecule has 6 heteroatoms. The van der Waals surface area contributed by atoms with Gasteiger partial charge in [-0.1, -0.05) is 36.3 Å². The number of ether oxygens (including phenoxy) is 1. The summed E-state index contributed by atoms with van der Waals surface area (Å²) in [7, 11) is 0. The van der Waals surface area contributed by atoms with Crippen molar-refractivity contribution in [2.75, 3.05) is 19.6 Å². The molecule has 0 unspecified atom stereocenters. The topological polar surface area (TPSA) is 67.6 Å². The van der Waals surface area contributed by atoms with Crippen molar-refractivity contribution in [3.05, 3.63) is 59.0 Å². The highest BCUT2D eigenvalue weighted by molar-refractivity contribution is 6.01. The van der Waals surface area contributed by atoms with Gasteiger partial charge in [-0.15, -0.1) is 0 Å². The monoisotopic (exact) mass is 407 g/mol. The van der Waals surface area contributed by atoms with E-state index >= 15 is 0 Å². The standard InChI is InChI=1S/C24H29N3O3/c1-4-27-11-7-10-20(27)14-25-24(28)21-12-18-8-5-6-9-19(18)13-23(21)29-15-22-16(2)26-30-17(22)3/h5-6,8-9,12-13,20H,4,7,10-11,14-15H2,1-3H3,(H,25,28)/t20-/m0/s1. The molecule has 1 aliphatic heterocycles. The summed E-state index contributed by atoms with van der Waals surface area (Å²) in [5.74, 6) is 1.21. The van der Waals surface area contributed by atoms with Gasteiger partial charge in [-0.3, -0.25) is 9.69 Å². The summed E-state index contributed by atoms with van der Waals surface area (Å²) in [6.07, 6.45) is 2.32. The lowest BCUT2D eigenvalue weighted by atomic mass is 10.0. The molecular formula is C24H29N3O3. The molecule has 3 aromatic rings. The van der Waals surface area contributed by atoms with Crippen molar-refractivity contribution < 1.29 is 14.1 Å². The molecule has 2 aromatic carbocycles. The van der Waals surface area contributed by atoms with Gasteiger partial charge in [0, 0.05) is 12.6 Å². The minimum Gasteiger partial charge on any atom is -0.488 e. The molecule has 158 valence electrons. The van der Waals surface area contributed by atoms with E-state index in [-0.39, 0.29) is 5.91 Å². The maximum Gasteiger partial charge on any atom is 0.255 e. The second-order valence-electron chi connectivity index (χ2n) is 7.92. The van der Waals surface area contributed by atoms with E-state index < -0.39 is 0 Å². The van der Waals surface area contributed by atoms with Gasteiger partial charge in [-0.2, -0.15) is 0 Å². The predicted molar refractivity (Wildman–Crippen MR) is 117 cm³/mol. The Morgan fingerprint density at radius 2 is 2.03 bits per heavy atom. The van der Waals surface area contributed by atoms with Gasteiger partial charge in [0.2, 0.25) is 0 Å². The van der Waals surface area contributed by atoms with Crippen molar-refractivity contribution in [1.82, 2.24) is 15.4 Å². The summed E-state index contributed by atoms with van der Waals surface area (Å²) in [4.78, 5) is 15.5. The predicted octanol–water partition coefficient (Wildman–Crippen LogP) is 4.24. The smallest absolute Gasteiger partial charge is 0.255 e. The molecule has 0 aliphatic carbocycles. The molecular weight excluding hydrogens is 378 g/mol. The zero-order valence-corrected chi connectivity index (χ0v) is 17.9. The first-order valence-corrected chi connectivity index (χ1v) is 10.7. The summed E-state index contributed by atoms with van der Waals surface area (Å²) in [6, 6.07) is 12.3. The van der Waals surface area contributed by atoms with Crippen molar-refractivity contribution >= 4 is 16.7 Å². The average molecular weight is 408 g/mol. The van der Waals surface area contributed by atoms with E-state index in [0.717, 1.165) is 47.3 Å². The van der Waals surface area contributed by atoms with Crippen LogP contribution in [0.25, 0.3) is 10.8 Å². The van der Waals surface area contributed by atoms with Crippen LogP contribution in [0, 0.1) is 13.8 Å². The van der Waals surface area contributed by atoms with Crippen LogP contribution in [0.3, 0.4) is 0 Å². The number of aryl methyl sites for hydroxylation is 2. The minimum absolute atomic E-state index is 0.0996. The fourth-order valence-corrected chi connectivity index (χ4v) is 4.22. The lowest BCUT2D eigenvalue weighted by Gasteiger charge is -2.23. The molecule has 1 saturated heterocycles. The highest BCUT2D eigenvalue weighted by Crippen LogP contribution is 2.28. The minimum atomic E-state index is -0.0996. The first-order valence-electron chi connectivity index (χ1n) is 10.7. The number of rotatable bonds is 7. The summed E-state index contributed by atoms with van der Waals surface area (Å²) in [6.45, 7) is 9.03. The normalized spacial score (nSPS) is 16.8. The molecule has 1 aliphatic rings. The van der Waals surface area contributed by atoms with Crippen molar-refractivity contribution in [2.45, 2.75) is 46.3 Å². The van der Waals surface area contributed by atoms with E-state index in [0.29, 0.717) is 30.5 Å². The number of carbonyl (C=O) groups is 1. The van der Waals surface area contributed by atoms with Crippen LogP contribution in [-0.2, 0) is 6.61 Å². The molecule has 30 heavy (non-hydrogen) atoms.